The lowest BCUT2D eigenvalue weighted by molar-refractivity contribution is -0.111. The van der Waals surface area contributed by atoms with E-state index in [2.05, 4.69) is 10.3 Å². The van der Waals surface area contributed by atoms with Crippen LogP contribution in [0.25, 0.3) is 40.0 Å². The molecule has 0 bridgehead atoms. The van der Waals surface area contributed by atoms with E-state index in [1.165, 1.54) is 6.08 Å². The Morgan fingerprint density at radius 3 is 2.60 bits per heavy atom. The Kier molecular flexibility index (Phi) is 6.20. The van der Waals surface area contributed by atoms with Crippen LogP contribution in [0.2, 0.25) is 10.0 Å². The van der Waals surface area contributed by atoms with Gasteiger partial charge in [-0.15, -0.1) is 0 Å². The fourth-order valence-corrected chi connectivity index (χ4v) is 4.05. The summed E-state index contributed by atoms with van der Waals surface area (Å²) in [7, 11) is 0. The van der Waals surface area contributed by atoms with Gasteiger partial charge in [0.05, 0.1) is 10.0 Å². The monoisotopic (exact) mass is 502 g/mol. The molecule has 0 saturated heterocycles. The largest absolute Gasteiger partial charge is 0.457 e. The number of nitrogens with zero attached hydrogens (tertiary/aromatic N) is 1. The van der Waals surface area contributed by atoms with Gasteiger partial charge in [0, 0.05) is 22.9 Å². The molecule has 3 aromatic carbocycles. The van der Waals surface area contributed by atoms with Gasteiger partial charge >= 0.3 is 0 Å². The summed E-state index contributed by atoms with van der Waals surface area (Å²) in [5.74, 6) is 1.27. The van der Waals surface area contributed by atoms with Crippen LogP contribution in [0, 0.1) is 13.8 Å². The van der Waals surface area contributed by atoms with E-state index in [-0.39, 0.29) is 5.91 Å². The van der Waals surface area contributed by atoms with E-state index in [1.54, 1.807) is 36.4 Å². The number of halogens is 2. The lowest BCUT2D eigenvalue weighted by atomic mass is 10.1. The second-order valence-electron chi connectivity index (χ2n) is 8.13. The van der Waals surface area contributed by atoms with Crippen molar-refractivity contribution in [3.8, 4) is 22.8 Å². The van der Waals surface area contributed by atoms with Crippen LogP contribution < -0.4 is 5.32 Å². The molecule has 2 heterocycles. The minimum absolute atomic E-state index is 0.301. The number of benzene rings is 3. The highest BCUT2D eigenvalue weighted by atomic mass is 35.5. The SMILES string of the molecule is Cc1cc2nc(-c3cccc(NC(=O)C=Cc4ccc(-c5cccc(Cl)c5Cl)o4)c3)oc2cc1C. The number of hydrogen-bond donors (Lipinski definition) is 1. The van der Waals surface area contributed by atoms with Crippen molar-refractivity contribution in [1.82, 2.24) is 4.98 Å². The van der Waals surface area contributed by atoms with E-state index < -0.39 is 0 Å². The molecule has 0 aliphatic rings. The van der Waals surface area contributed by atoms with E-state index in [9.17, 15) is 4.79 Å². The third-order valence-electron chi connectivity index (χ3n) is 5.62. The summed E-state index contributed by atoms with van der Waals surface area (Å²) < 4.78 is 11.7. The van der Waals surface area contributed by atoms with Crippen LogP contribution in [0.4, 0.5) is 5.69 Å². The summed E-state index contributed by atoms with van der Waals surface area (Å²) in [5, 5.41) is 3.72. The Bertz CT molecular complexity index is 1560. The maximum absolute atomic E-state index is 12.5. The Morgan fingerprint density at radius 1 is 0.943 bits per heavy atom. The molecule has 0 aliphatic heterocycles. The van der Waals surface area contributed by atoms with E-state index in [4.69, 9.17) is 32.0 Å². The highest BCUT2D eigenvalue weighted by Crippen LogP contribution is 2.34. The summed E-state index contributed by atoms with van der Waals surface area (Å²) in [6.07, 6.45) is 2.99. The average molecular weight is 503 g/mol. The Hall–Kier alpha value is -3.80. The zero-order valence-corrected chi connectivity index (χ0v) is 20.4. The van der Waals surface area contributed by atoms with Gasteiger partial charge in [-0.1, -0.05) is 35.3 Å². The van der Waals surface area contributed by atoms with Crippen molar-refractivity contribution in [2.45, 2.75) is 13.8 Å². The number of hydrogen-bond acceptors (Lipinski definition) is 4. The first-order valence-electron chi connectivity index (χ1n) is 10.9. The standard InChI is InChI=1S/C28H20Cl2N2O3/c1-16-13-23-25(14-17(16)2)35-28(32-23)18-5-3-6-19(15-18)31-26(33)12-10-20-9-11-24(34-20)21-7-4-8-22(29)27(21)30/h3-15H,1-2H3,(H,31,33). The highest BCUT2D eigenvalue weighted by Gasteiger charge is 2.12. The lowest BCUT2D eigenvalue weighted by Gasteiger charge is -2.03. The second kappa shape index (κ2) is 9.45. The third kappa shape index (κ3) is 4.87. The minimum atomic E-state index is -0.301. The van der Waals surface area contributed by atoms with Gasteiger partial charge in [0.25, 0.3) is 0 Å². The highest BCUT2D eigenvalue weighted by molar-refractivity contribution is 6.43. The van der Waals surface area contributed by atoms with E-state index in [1.807, 2.05) is 50.2 Å². The van der Waals surface area contributed by atoms with Gasteiger partial charge in [0.1, 0.15) is 17.0 Å². The number of fused-ring (bicyclic) bond motifs is 1. The molecule has 7 heteroatoms. The van der Waals surface area contributed by atoms with E-state index >= 15 is 0 Å². The molecule has 0 saturated carbocycles. The minimum Gasteiger partial charge on any atom is -0.457 e. The molecule has 0 aliphatic carbocycles. The first-order chi connectivity index (χ1) is 16.9. The number of amides is 1. The maximum Gasteiger partial charge on any atom is 0.248 e. The van der Waals surface area contributed by atoms with Crippen molar-refractivity contribution in [3.63, 3.8) is 0 Å². The average Bonchev–Trinajstić information content (AvgIpc) is 3.47. The van der Waals surface area contributed by atoms with Crippen LogP contribution in [-0.4, -0.2) is 10.9 Å². The molecule has 0 unspecified atom stereocenters. The van der Waals surface area contributed by atoms with Crippen LogP contribution in [0.1, 0.15) is 16.9 Å². The van der Waals surface area contributed by atoms with Gasteiger partial charge < -0.3 is 14.2 Å². The van der Waals surface area contributed by atoms with Crippen LogP contribution in [-0.2, 0) is 4.79 Å². The number of furan rings is 1. The van der Waals surface area contributed by atoms with E-state index in [0.717, 1.165) is 27.8 Å². The van der Waals surface area contributed by atoms with Gasteiger partial charge in [-0.3, -0.25) is 4.79 Å². The van der Waals surface area contributed by atoms with Crippen LogP contribution in [0.5, 0.6) is 0 Å². The van der Waals surface area contributed by atoms with Crippen molar-refractivity contribution in [3.05, 3.63) is 99.7 Å². The quantitative estimate of drug-likeness (QED) is 0.245. The molecule has 5 rings (SSSR count). The molecule has 5 nitrogen and oxygen atoms in total. The van der Waals surface area contributed by atoms with E-state index in [0.29, 0.717) is 38.7 Å². The number of oxazole rings is 1. The number of aromatic nitrogens is 1. The molecular formula is C28H20Cl2N2O3. The van der Waals surface area contributed by atoms with Gasteiger partial charge in [-0.05, 0) is 85.6 Å². The zero-order chi connectivity index (χ0) is 24.5. The first kappa shape index (κ1) is 23.0. The summed E-state index contributed by atoms with van der Waals surface area (Å²) in [5.41, 5.74) is 5.92. The fraction of sp³-hybridized carbons (Fsp3) is 0.0714. The van der Waals surface area contributed by atoms with Crippen molar-refractivity contribution in [2.24, 2.45) is 0 Å². The number of nitrogens with one attached hydrogen (secondary N) is 1. The van der Waals surface area contributed by atoms with Gasteiger partial charge in [0.2, 0.25) is 11.8 Å². The fourth-order valence-electron chi connectivity index (χ4n) is 3.66. The zero-order valence-electron chi connectivity index (χ0n) is 18.9. The molecule has 0 spiro atoms. The number of anilines is 1. The Labute approximate surface area is 212 Å². The molecule has 0 atom stereocenters. The third-order valence-corrected chi connectivity index (χ3v) is 6.44. The van der Waals surface area contributed by atoms with Crippen LogP contribution >= 0.6 is 23.2 Å². The molecule has 174 valence electrons. The van der Waals surface area contributed by atoms with Gasteiger partial charge in [-0.2, -0.15) is 0 Å². The van der Waals surface area contributed by atoms with Crippen LogP contribution in [0.15, 0.2) is 81.6 Å². The van der Waals surface area contributed by atoms with Crippen molar-refractivity contribution < 1.29 is 13.6 Å². The molecule has 0 fully saturated rings. The number of rotatable bonds is 5. The molecular weight excluding hydrogens is 483 g/mol. The smallest absolute Gasteiger partial charge is 0.248 e. The molecule has 5 aromatic rings. The number of carbonyl (C=O) groups is 1. The van der Waals surface area contributed by atoms with Gasteiger partial charge in [0.15, 0.2) is 5.58 Å². The number of carbonyl (C=O) groups excluding carboxylic acids is 1. The van der Waals surface area contributed by atoms with Crippen molar-refractivity contribution in [1.29, 1.82) is 0 Å². The normalized spacial score (nSPS) is 11.4. The molecule has 0 radical (unpaired) electrons. The summed E-state index contributed by atoms with van der Waals surface area (Å²) in [4.78, 5) is 17.1. The van der Waals surface area contributed by atoms with Crippen molar-refractivity contribution >= 4 is 52.0 Å². The Balaban J connectivity index is 1.30. The Morgan fingerprint density at radius 2 is 1.74 bits per heavy atom. The summed E-state index contributed by atoms with van der Waals surface area (Å²) in [6.45, 7) is 4.08. The first-order valence-corrected chi connectivity index (χ1v) is 11.6. The topological polar surface area (TPSA) is 68.3 Å². The maximum atomic E-state index is 12.5. The predicted molar refractivity (Wildman–Crippen MR) is 141 cm³/mol. The molecule has 35 heavy (non-hydrogen) atoms. The predicted octanol–water partition coefficient (Wildman–Crippen LogP) is 8.33. The molecule has 1 amide bonds. The summed E-state index contributed by atoms with van der Waals surface area (Å²) >= 11 is 12.3. The van der Waals surface area contributed by atoms with Gasteiger partial charge in [-0.25, -0.2) is 4.98 Å². The summed E-state index contributed by atoms with van der Waals surface area (Å²) in [6, 6.07) is 20.2. The molecule has 1 N–H and O–H groups in total. The van der Waals surface area contributed by atoms with Crippen LogP contribution in [0.3, 0.4) is 0 Å². The van der Waals surface area contributed by atoms with Crippen molar-refractivity contribution in [2.75, 3.05) is 5.32 Å². The number of aryl methyl sites for hydroxylation is 2. The molecule has 2 aromatic heterocycles. The second-order valence-corrected chi connectivity index (χ2v) is 8.92. The lowest BCUT2D eigenvalue weighted by Crippen LogP contribution is -2.07.